The van der Waals surface area contributed by atoms with E-state index in [1.54, 1.807) is 24.3 Å². The normalized spacial score (nSPS) is 11.9. The molecule has 2 aromatic carbocycles. The molecule has 0 amide bonds. The number of anilines is 1. The number of halogens is 2. The van der Waals surface area contributed by atoms with E-state index in [9.17, 15) is 19.4 Å². The molecule has 1 atom stereocenters. The van der Waals surface area contributed by atoms with Gasteiger partial charge in [-0.25, -0.2) is 9.18 Å². The van der Waals surface area contributed by atoms with Crippen molar-refractivity contribution >= 4 is 27.6 Å². The molecule has 0 saturated carbocycles. The zero-order valence-corrected chi connectivity index (χ0v) is 11.8. The van der Waals surface area contributed by atoms with Gasteiger partial charge in [0, 0.05) is 16.2 Å². The van der Waals surface area contributed by atoms with Crippen LogP contribution in [0.2, 0.25) is 0 Å². The van der Waals surface area contributed by atoms with Crippen LogP contribution in [0.4, 0.5) is 10.1 Å². The average Bonchev–Trinajstić information content (AvgIpc) is 2.36. The molecule has 0 radical (unpaired) electrons. The van der Waals surface area contributed by atoms with Crippen molar-refractivity contribution in [1.29, 1.82) is 0 Å². The Bertz CT molecular complexity index is 611. The maximum atomic E-state index is 13.3. The van der Waals surface area contributed by atoms with Gasteiger partial charge in [0.15, 0.2) is 6.04 Å². The number of nitrogens with one attached hydrogen (secondary N) is 1. The van der Waals surface area contributed by atoms with E-state index in [-0.39, 0.29) is 11.3 Å². The lowest BCUT2D eigenvalue weighted by molar-refractivity contribution is -0.138. The minimum absolute atomic E-state index is 0.137. The Hall–Kier alpha value is -2.08. The highest BCUT2D eigenvalue weighted by atomic mass is 79.9. The molecule has 0 aliphatic rings. The Morgan fingerprint density at radius 3 is 2.40 bits per heavy atom. The predicted octanol–water partition coefficient (Wildman–Crippen LogP) is 3.53. The highest BCUT2D eigenvalue weighted by Gasteiger charge is 2.21. The monoisotopic (exact) mass is 339 g/mol. The van der Waals surface area contributed by atoms with Crippen LogP contribution in [0.5, 0.6) is 5.75 Å². The number of phenolic OH excluding ortho intramolecular Hbond substituents is 1. The second-order valence-corrected chi connectivity index (χ2v) is 5.08. The second-order valence-electron chi connectivity index (χ2n) is 4.17. The standard InChI is InChI=1S/C14H11BrFNO3/c15-9-1-3-11(4-2-9)17-13(14(19)20)8-5-10(16)7-12(18)6-8/h1-7,13,17-18H,(H,19,20). The van der Waals surface area contributed by atoms with Gasteiger partial charge >= 0.3 is 5.97 Å². The number of phenols is 1. The zero-order valence-electron chi connectivity index (χ0n) is 10.2. The van der Waals surface area contributed by atoms with E-state index in [4.69, 9.17) is 0 Å². The molecular weight excluding hydrogens is 329 g/mol. The number of aliphatic carboxylic acids is 1. The van der Waals surface area contributed by atoms with Gasteiger partial charge in [0.2, 0.25) is 0 Å². The lowest BCUT2D eigenvalue weighted by Gasteiger charge is -2.16. The van der Waals surface area contributed by atoms with Gasteiger partial charge in [0.05, 0.1) is 0 Å². The molecule has 0 fully saturated rings. The summed E-state index contributed by atoms with van der Waals surface area (Å²) in [6.07, 6.45) is 0. The summed E-state index contributed by atoms with van der Waals surface area (Å²) in [4.78, 5) is 11.3. The van der Waals surface area contributed by atoms with Crippen molar-refractivity contribution < 1.29 is 19.4 Å². The van der Waals surface area contributed by atoms with Crippen LogP contribution in [-0.2, 0) is 4.79 Å². The van der Waals surface area contributed by atoms with Crippen LogP contribution in [0.15, 0.2) is 46.9 Å². The molecule has 4 nitrogen and oxygen atoms in total. The number of aromatic hydroxyl groups is 1. The third-order valence-corrected chi connectivity index (χ3v) is 3.17. The predicted molar refractivity (Wildman–Crippen MR) is 76.2 cm³/mol. The first kappa shape index (κ1) is 14.3. The van der Waals surface area contributed by atoms with Gasteiger partial charge in [-0.05, 0) is 42.0 Å². The quantitative estimate of drug-likeness (QED) is 0.796. The van der Waals surface area contributed by atoms with Gasteiger partial charge < -0.3 is 15.5 Å². The Morgan fingerprint density at radius 2 is 1.85 bits per heavy atom. The summed E-state index contributed by atoms with van der Waals surface area (Å²) in [5.74, 6) is -2.18. The van der Waals surface area contributed by atoms with E-state index in [0.717, 1.165) is 16.6 Å². The SMILES string of the molecule is O=C(O)C(Nc1ccc(Br)cc1)c1cc(O)cc(F)c1. The molecule has 0 aliphatic heterocycles. The molecule has 2 rings (SSSR count). The number of carboxylic acid groups (broad SMARTS) is 1. The summed E-state index contributed by atoms with van der Waals surface area (Å²) in [5.41, 5.74) is 0.710. The van der Waals surface area contributed by atoms with Crippen LogP contribution in [0.25, 0.3) is 0 Å². The first-order valence-electron chi connectivity index (χ1n) is 5.70. The lowest BCUT2D eigenvalue weighted by atomic mass is 10.1. The molecule has 0 saturated heterocycles. The molecule has 20 heavy (non-hydrogen) atoms. The first-order valence-corrected chi connectivity index (χ1v) is 6.49. The summed E-state index contributed by atoms with van der Waals surface area (Å²) >= 11 is 3.28. The van der Waals surface area contributed by atoms with Crippen molar-refractivity contribution in [3.63, 3.8) is 0 Å². The van der Waals surface area contributed by atoms with Gasteiger partial charge in [-0.2, -0.15) is 0 Å². The molecule has 3 N–H and O–H groups in total. The van der Waals surface area contributed by atoms with E-state index >= 15 is 0 Å². The van der Waals surface area contributed by atoms with Crippen molar-refractivity contribution in [1.82, 2.24) is 0 Å². The smallest absolute Gasteiger partial charge is 0.330 e. The van der Waals surface area contributed by atoms with Crippen molar-refractivity contribution in [3.05, 3.63) is 58.3 Å². The Morgan fingerprint density at radius 1 is 1.20 bits per heavy atom. The Labute approximate surface area is 123 Å². The van der Waals surface area contributed by atoms with Crippen LogP contribution in [0.1, 0.15) is 11.6 Å². The molecule has 0 aliphatic carbocycles. The fraction of sp³-hybridized carbons (Fsp3) is 0.0714. The highest BCUT2D eigenvalue weighted by molar-refractivity contribution is 9.10. The molecule has 0 bridgehead atoms. The number of carboxylic acids is 1. The Balaban J connectivity index is 2.31. The summed E-state index contributed by atoms with van der Waals surface area (Å²) in [6, 6.07) is 8.95. The van der Waals surface area contributed by atoms with E-state index in [0.29, 0.717) is 5.69 Å². The minimum Gasteiger partial charge on any atom is -0.508 e. The van der Waals surface area contributed by atoms with Gasteiger partial charge in [-0.3, -0.25) is 0 Å². The van der Waals surface area contributed by atoms with E-state index in [1.807, 2.05) is 0 Å². The van der Waals surface area contributed by atoms with Crippen molar-refractivity contribution in [2.24, 2.45) is 0 Å². The average molecular weight is 340 g/mol. The third-order valence-electron chi connectivity index (χ3n) is 2.64. The van der Waals surface area contributed by atoms with E-state index in [1.165, 1.54) is 6.07 Å². The molecule has 0 heterocycles. The summed E-state index contributed by atoms with van der Waals surface area (Å²) in [6.45, 7) is 0. The van der Waals surface area contributed by atoms with Gasteiger partial charge in [-0.1, -0.05) is 15.9 Å². The number of hydrogen-bond donors (Lipinski definition) is 3. The second kappa shape index (κ2) is 5.92. The number of rotatable bonds is 4. The van der Waals surface area contributed by atoms with Crippen molar-refractivity contribution in [3.8, 4) is 5.75 Å². The highest BCUT2D eigenvalue weighted by Crippen LogP contribution is 2.25. The zero-order chi connectivity index (χ0) is 14.7. The number of carbonyl (C=O) groups is 1. The van der Waals surface area contributed by atoms with E-state index in [2.05, 4.69) is 21.2 Å². The van der Waals surface area contributed by atoms with Gasteiger partial charge in [0.1, 0.15) is 11.6 Å². The number of hydrogen-bond acceptors (Lipinski definition) is 3. The topological polar surface area (TPSA) is 69.6 Å². The molecule has 0 aromatic heterocycles. The van der Waals surface area contributed by atoms with E-state index < -0.39 is 17.8 Å². The first-order chi connectivity index (χ1) is 9.45. The Kier molecular flexibility index (Phi) is 4.24. The van der Waals surface area contributed by atoms with Crippen LogP contribution in [0.3, 0.4) is 0 Å². The summed E-state index contributed by atoms with van der Waals surface area (Å²) < 4.78 is 14.1. The third kappa shape index (κ3) is 3.48. The van der Waals surface area contributed by atoms with Crippen LogP contribution >= 0.6 is 15.9 Å². The fourth-order valence-corrected chi connectivity index (χ4v) is 2.03. The molecule has 0 spiro atoms. The molecule has 6 heteroatoms. The molecule has 1 unspecified atom stereocenters. The summed E-state index contributed by atoms with van der Waals surface area (Å²) in [7, 11) is 0. The van der Waals surface area contributed by atoms with Crippen LogP contribution < -0.4 is 5.32 Å². The maximum Gasteiger partial charge on any atom is 0.330 e. The maximum absolute atomic E-state index is 13.3. The largest absolute Gasteiger partial charge is 0.508 e. The lowest BCUT2D eigenvalue weighted by Crippen LogP contribution is -2.20. The molecule has 104 valence electrons. The van der Waals surface area contributed by atoms with Crippen molar-refractivity contribution in [2.75, 3.05) is 5.32 Å². The molecule has 2 aromatic rings. The van der Waals surface area contributed by atoms with Crippen molar-refractivity contribution in [2.45, 2.75) is 6.04 Å². The van der Waals surface area contributed by atoms with Crippen LogP contribution in [0, 0.1) is 5.82 Å². The minimum atomic E-state index is -1.17. The summed E-state index contributed by atoms with van der Waals surface area (Å²) in [5, 5.41) is 21.4. The number of benzene rings is 2. The van der Waals surface area contributed by atoms with Gasteiger partial charge in [0.25, 0.3) is 0 Å². The fourth-order valence-electron chi connectivity index (χ4n) is 1.76. The molecular formula is C14H11BrFNO3. The van der Waals surface area contributed by atoms with Crippen LogP contribution in [-0.4, -0.2) is 16.2 Å². The van der Waals surface area contributed by atoms with Gasteiger partial charge in [-0.15, -0.1) is 0 Å².